The monoisotopic (exact) mass is 288 g/mol. The van der Waals surface area contributed by atoms with Crippen LogP contribution in [-0.4, -0.2) is 17.0 Å². The first-order chi connectivity index (χ1) is 9.92. The Morgan fingerprint density at radius 3 is 2.76 bits per heavy atom. The summed E-state index contributed by atoms with van der Waals surface area (Å²) in [5.74, 6) is 2.57. The second-order valence-corrected chi connectivity index (χ2v) is 8.77. The molecule has 0 radical (unpaired) electrons. The van der Waals surface area contributed by atoms with Crippen LogP contribution in [0, 0.1) is 28.6 Å². The van der Waals surface area contributed by atoms with Crippen molar-refractivity contribution >= 4 is 5.78 Å². The summed E-state index contributed by atoms with van der Waals surface area (Å²) in [5.41, 5.74) is 2.11. The molecule has 0 aromatic carbocycles. The molecule has 6 atom stereocenters. The van der Waals surface area contributed by atoms with Gasteiger partial charge < -0.3 is 5.11 Å². The Labute approximate surface area is 128 Å². The van der Waals surface area contributed by atoms with Gasteiger partial charge in [0, 0.05) is 12.8 Å². The lowest BCUT2D eigenvalue weighted by Gasteiger charge is -2.57. The molecule has 116 valence electrons. The molecule has 0 aromatic rings. The second-order valence-electron chi connectivity index (χ2n) is 8.77. The number of aliphatic hydroxyl groups is 1. The molecule has 3 saturated carbocycles. The third-order valence-corrected chi connectivity index (χ3v) is 7.64. The van der Waals surface area contributed by atoms with E-state index in [1.54, 1.807) is 0 Å². The smallest absolute Gasteiger partial charge is 0.133 e. The van der Waals surface area contributed by atoms with E-state index in [0.717, 1.165) is 44.4 Å². The Balaban J connectivity index is 1.69. The number of aliphatic hydroxyl groups excluding tert-OH is 1. The molecule has 0 aliphatic heterocycles. The van der Waals surface area contributed by atoms with Crippen LogP contribution in [0.4, 0.5) is 0 Å². The maximum atomic E-state index is 12.0. The summed E-state index contributed by atoms with van der Waals surface area (Å²) in [6.45, 7) is 4.81. The zero-order valence-electron chi connectivity index (χ0n) is 13.4. The average Bonchev–Trinajstić information content (AvgIpc) is 2.74. The van der Waals surface area contributed by atoms with Gasteiger partial charge in [-0.3, -0.25) is 4.79 Å². The van der Waals surface area contributed by atoms with E-state index in [1.165, 1.54) is 18.4 Å². The molecule has 0 unspecified atom stereocenters. The van der Waals surface area contributed by atoms with Gasteiger partial charge in [-0.15, -0.1) is 0 Å². The molecule has 0 saturated heterocycles. The summed E-state index contributed by atoms with van der Waals surface area (Å²) < 4.78 is 0. The minimum Gasteiger partial charge on any atom is -0.393 e. The Bertz CT molecular complexity index is 508. The molecule has 0 amide bonds. The van der Waals surface area contributed by atoms with E-state index in [1.807, 2.05) is 0 Å². The summed E-state index contributed by atoms with van der Waals surface area (Å²) >= 11 is 0. The lowest BCUT2D eigenvalue weighted by molar-refractivity contribution is -0.118. The molecule has 0 spiro atoms. The van der Waals surface area contributed by atoms with Crippen molar-refractivity contribution < 1.29 is 9.90 Å². The van der Waals surface area contributed by atoms with Crippen LogP contribution in [0.1, 0.15) is 65.2 Å². The topological polar surface area (TPSA) is 37.3 Å². The van der Waals surface area contributed by atoms with Crippen LogP contribution in [0.25, 0.3) is 0 Å². The Morgan fingerprint density at radius 2 is 1.95 bits per heavy atom. The van der Waals surface area contributed by atoms with Crippen LogP contribution < -0.4 is 0 Å². The Kier molecular flexibility index (Phi) is 2.96. The fraction of sp³-hybridized carbons (Fsp3) is 0.842. The zero-order valence-corrected chi connectivity index (χ0v) is 13.4. The van der Waals surface area contributed by atoms with E-state index < -0.39 is 0 Å². The number of carbonyl (C=O) groups is 1. The third kappa shape index (κ3) is 1.91. The maximum Gasteiger partial charge on any atom is 0.133 e. The highest BCUT2D eigenvalue weighted by molar-refractivity contribution is 5.82. The average molecular weight is 288 g/mol. The van der Waals surface area contributed by atoms with Crippen molar-refractivity contribution in [1.29, 1.82) is 0 Å². The fourth-order valence-electron chi connectivity index (χ4n) is 6.42. The van der Waals surface area contributed by atoms with Crippen LogP contribution in [0.2, 0.25) is 0 Å². The van der Waals surface area contributed by atoms with E-state index in [4.69, 9.17) is 0 Å². The van der Waals surface area contributed by atoms with Crippen molar-refractivity contribution in [1.82, 2.24) is 0 Å². The van der Waals surface area contributed by atoms with Crippen molar-refractivity contribution in [2.75, 3.05) is 0 Å². The molecule has 2 nitrogen and oxygen atoms in total. The van der Waals surface area contributed by atoms with Crippen LogP contribution in [0.5, 0.6) is 0 Å². The van der Waals surface area contributed by atoms with Gasteiger partial charge in [0.25, 0.3) is 0 Å². The predicted molar refractivity (Wildman–Crippen MR) is 82.7 cm³/mol. The van der Waals surface area contributed by atoms with Crippen LogP contribution in [0.3, 0.4) is 0 Å². The number of ketones is 1. The molecule has 4 aliphatic carbocycles. The molecule has 0 aromatic heterocycles. The molecule has 1 N–H and O–H groups in total. The highest BCUT2D eigenvalue weighted by Crippen LogP contribution is 2.64. The number of carbonyl (C=O) groups excluding carboxylic acids is 1. The lowest BCUT2D eigenvalue weighted by atomic mass is 9.48. The largest absolute Gasteiger partial charge is 0.393 e. The van der Waals surface area contributed by atoms with Crippen LogP contribution >= 0.6 is 0 Å². The normalized spacial score (nSPS) is 52.7. The van der Waals surface area contributed by atoms with Crippen molar-refractivity contribution in [3.63, 3.8) is 0 Å². The molecule has 0 bridgehead atoms. The van der Waals surface area contributed by atoms with Crippen molar-refractivity contribution in [2.45, 2.75) is 71.3 Å². The molecule has 4 rings (SSSR count). The second kappa shape index (κ2) is 4.44. The van der Waals surface area contributed by atoms with Crippen LogP contribution in [0.15, 0.2) is 11.6 Å². The molecular weight excluding hydrogens is 260 g/mol. The molecule has 21 heavy (non-hydrogen) atoms. The van der Waals surface area contributed by atoms with E-state index in [-0.39, 0.29) is 11.5 Å². The highest BCUT2D eigenvalue weighted by atomic mass is 16.3. The van der Waals surface area contributed by atoms with Gasteiger partial charge in [0.1, 0.15) is 5.78 Å². The first-order valence-electron chi connectivity index (χ1n) is 8.82. The van der Waals surface area contributed by atoms with Crippen molar-refractivity contribution in [3.05, 3.63) is 11.6 Å². The number of rotatable bonds is 0. The van der Waals surface area contributed by atoms with E-state index in [0.29, 0.717) is 23.0 Å². The first-order valence-corrected chi connectivity index (χ1v) is 8.82. The van der Waals surface area contributed by atoms with Gasteiger partial charge >= 0.3 is 0 Å². The molecular formula is C19H28O2. The predicted octanol–water partition coefficient (Wildman–Crippen LogP) is 3.88. The molecule has 2 heteroatoms. The summed E-state index contributed by atoms with van der Waals surface area (Å²) in [6.07, 6.45) is 10.6. The van der Waals surface area contributed by atoms with Gasteiger partial charge in [-0.25, -0.2) is 0 Å². The summed E-state index contributed by atoms with van der Waals surface area (Å²) in [5, 5.41) is 10.00. The standard InChI is InChI=1S/C19H28O2/c1-18-7-6-16-15(17(18)10-14(21)11-18)4-3-12-9-13(20)5-8-19(12,16)2/h3,13,15-17,20H,4-11H2,1-2H3/t13-,15-,16+,17+,18-,19+/m1/s1. The minimum absolute atomic E-state index is 0.122. The van der Waals surface area contributed by atoms with Gasteiger partial charge in [0.05, 0.1) is 6.10 Å². The van der Waals surface area contributed by atoms with Crippen LogP contribution in [-0.2, 0) is 4.79 Å². The van der Waals surface area contributed by atoms with Crippen molar-refractivity contribution in [2.24, 2.45) is 28.6 Å². The lowest BCUT2D eigenvalue weighted by Crippen LogP contribution is -2.49. The van der Waals surface area contributed by atoms with E-state index >= 15 is 0 Å². The Hall–Kier alpha value is -0.630. The zero-order chi connectivity index (χ0) is 14.8. The summed E-state index contributed by atoms with van der Waals surface area (Å²) in [4.78, 5) is 12.0. The van der Waals surface area contributed by atoms with Gasteiger partial charge in [0.2, 0.25) is 0 Å². The number of Topliss-reactive ketones (excluding diaryl/α,β-unsaturated/α-hetero) is 1. The van der Waals surface area contributed by atoms with Gasteiger partial charge in [-0.05, 0) is 67.1 Å². The number of hydrogen-bond donors (Lipinski definition) is 1. The molecule has 3 fully saturated rings. The quantitative estimate of drug-likeness (QED) is 0.687. The van der Waals surface area contributed by atoms with Gasteiger partial charge in [-0.1, -0.05) is 25.5 Å². The van der Waals surface area contributed by atoms with Gasteiger partial charge in [0.15, 0.2) is 0 Å². The van der Waals surface area contributed by atoms with Gasteiger partial charge in [-0.2, -0.15) is 0 Å². The number of hydrogen-bond acceptors (Lipinski definition) is 2. The van der Waals surface area contributed by atoms with E-state index in [9.17, 15) is 9.90 Å². The third-order valence-electron chi connectivity index (χ3n) is 7.64. The number of allylic oxidation sites excluding steroid dienone is 1. The fourth-order valence-corrected chi connectivity index (χ4v) is 6.42. The summed E-state index contributed by atoms with van der Waals surface area (Å²) in [6, 6.07) is 0. The summed E-state index contributed by atoms with van der Waals surface area (Å²) in [7, 11) is 0. The SMILES string of the molecule is C[C@]12CC[C@H]3[C@@H](CC=C4C[C@H](O)CC[C@@]43C)[C@@H]1CC(=O)C2. The molecule has 4 aliphatic rings. The highest BCUT2D eigenvalue weighted by Gasteiger charge is 2.57. The first kappa shape index (κ1) is 14.0. The molecule has 0 heterocycles. The minimum atomic E-state index is -0.122. The number of fused-ring (bicyclic) bond motifs is 5. The van der Waals surface area contributed by atoms with Crippen molar-refractivity contribution in [3.8, 4) is 0 Å². The van der Waals surface area contributed by atoms with E-state index in [2.05, 4.69) is 19.9 Å². The maximum absolute atomic E-state index is 12.0. The Morgan fingerprint density at radius 1 is 1.14 bits per heavy atom.